The Morgan fingerprint density at radius 3 is 2.23 bits per heavy atom. The van der Waals surface area contributed by atoms with Crippen molar-refractivity contribution in [2.45, 2.75) is 57.2 Å². The van der Waals surface area contributed by atoms with Gasteiger partial charge in [0.25, 0.3) is 0 Å². The average Bonchev–Trinajstić information content (AvgIpc) is 3.34. The molecule has 0 aromatic heterocycles. The molecular weight excluding hydrogens is 330 g/mol. The lowest BCUT2D eigenvalue weighted by Gasteiger charge is -2.31. The number of hydrogen-bond acceptors (Lipinski definition) is 4. The first-order valence-corrected chi connectivity index (χ1v) is 10.4. The summed E-state index contributed by atoms with van der Waals surface area (Å²) in [5.41, 5.74) is 5.98. The highest BCUT2D eigenvalue weighted by molar-refractivity contribution is 5.78. The van der Waals surface area contributed by atoms with Gasteiger partial charge in [-0.3, -0.25) is 4.79 Å². The van der Waals surface area contributed by atoms with Gasteiger partial charge < -0.3 is 25.8 Å². The van der Waals surface area contributed by atoms with Crippen LogP contribution in [0.25, 0.3) is 0 Å². The molecule has 3 saturated heterocycles. The highest BCUT2D eigenvalue weighted by Crippen LogP contribution is 2.38. The van der Waals surface area contributed by atoms with Gasteiger partial charge in [-0.05, 0) is 56.8 Å². The summed E-state index contributed by atoms with van der Waals surface area (Å²) in [6.45, 7) is 4.83. The smallest absolute Gasteiger partial charge is 0.320 e. The summed E-state index contributed by atoms with van der Waals surface area (Å²) < 4.78 is 0. The zero-order valence-corrected chi connectivity index (χ0v) is 15.7. The molecule has 1 aliphatic carbocycles. The first-order chi connectivity index (χ1) is 12.6. The van der Waals surface area contributed by atoms with Crippen molar-refractivity contribution in [1.29, 1.82) is 0 Å². The second-order valence-corrected chi connectivity index (χ2v) is 8.60. The Kier molecular flexibility index (Phi) is 5.36. The van der Waals surface area contributed by atoms with E-state index in [9.17, 15) is 9.59 Å². The largest absolute Gasteiger partial charge is 0.326 e. The minimum Gasteiger partial charge on any atom is -0.326 e. The van der Waals surface area contributed by atoms with E-state index in [0.29, 0.717) is 24.4 Å². The maximum absolute atomic E-state index is 12.7. The third-order valence-corrected chi connectivity index (χ3v) is 6.81. The number of hydrogen-bond donors (Lipinski definition) is 2. The second-order valence-electron chi connectivity index (χ2n) is 8.60. The molecule has 1 saturated carbocycles. The summed E-state index contributed by atoms with van der Waals surface area (Å²) in [6, 6.07) is 0.654. The van der Waals surface area contributed by atoms with E-state index in [2.05, 4.69) is 10.2 Å². The lowest BCUT2D eigenvalue weighted by atomic mass is 10.0. The standard InChI is InChI=1S/C19H33N5O2/c20-17-5-4-8-24(17)18(25)11-21-16-9-14-12-23(13-15(14)10-16)19(26)22-6-2-1-3-7-22/h14-17,21H,1-13,20H2/t14-,15+,16?,17?. The molecule has 146 valence electrons. The fourth-order valence-electron chi connectivity index (χ4n) is 5.34. The van der Waals surface area contributed by atoms with E-state index >= 15 is 0 Å². The first-order valence-electron chi connectivity index (χ1n) is 10.4. The van der Waals surface area contributed by atoms with Gasteiger partial charge in [-0.25, -0.2) is 4.79 Å². The Morgan fingerprint density at radius 2 is 1.62 bits per heavy atom. The minimum atomic E-state index is -0.0957. The molecule has 4 atom stereocenters. The number of urea groups is 1. The van der Waals surface area contributed by atoms with Crippen molar-refractivity contribution in [2.75, 3.05) is 39.3 Å². The number of fused-ring (bicyclic) bond motifs is 1. The van der Waals surface area contributed by atoms with Crippen LogP contribution in [-0.2, 0) is 4.79 Å². The first kappa shape index (κ1) is 18.0. The number of carbonyl (C=O) groups is 2. The van der Waals surface area contributed by atoms with E-state index in [0.717, 1.165) is 71.2 Å². The maximum atomic E-state index is 12.7. The zero-order chi connectivity index (χ0) is 18.1. The summed E-state index contributed by atoms with van der Waals surface area (Å²) in [5, 5.41) is 3.45. The number of nitrogens with one attached hydrogen (secondary N) is 1. The van der Waals surface area contributed by atoms with Crippen molar-refractivity contribution in [3.05, 3.63) is 0 Å². The molecule has 0 aromatic carbocycles. The van der Waals surface area contributed by atoms with E-state index < -0.39 is 0 Å². The van der Waals surface area contributed by atoms with Crippen molar-refractivity contribution in [2.24, 2.45) is 17.6 Å². The second kappa shape index (κ2) is 7.72. The molecule has 7 heteroatoms. The topological polar surface area (TPSA) is 81.9 Å². The third-order valence-electron chi connectivity index (χ3n) is 6.81. The van der Waals surface area contributed by atoms with E-state index in [-0.39, 0.29) is 18.1 Å². The maximum Gasteiger partial charge on any atom is 0.320 e. The number of nitrogens with zero attached hydrogens (tertiary/aromatic N) is 3. The lowest BCUT2D eigenvalue weighted by molar-refractivity contribution is -0.131. The van der Waals surface area contributed by atoms with Gasteiger partial charge in [0, 0.05) is 38.8 Å². The Bertz CT molecular complexity index is 522. The highest BCUT2D eigenvalue weighted by Gasteiger charge is 2.43. The molecule has 0 spiro atoms. The monoisotopic (exact) mass is 363 g/mol. The third kappa shape index (κ3) is 3.69. The number of rotatable bonds is 3. The summed E-state index contributed by atoms with van der Waals surface area (Å²) in [6.07, 6.45) is 7.54. The number of likely N-dealkylation sites (tertiary alicyclic amines) is 3. The van der Waals surface area contributed by atoms with Crippen LogP contribution in [0.3, 0.4) is 0 Å². The van der Waals surface area contributed by atoms with Gasteiger partial charge in [-0.1, -0.05) is 0 Å². The normalized spacial score (nSPS) is 34.4. The van der Waals surface area contributed by atoms with E-state index in [1.807, 2.05) is 9.80 Å². The van der Waals surface area contributed by atoms with Crippen LogP contribution >= 0.6 is 0 Å². The van der Waals surface area contributed by atoms with Gasteiger partial charge in [-0.15, -0.1) is 0 Å². The van der Waals surface area contributed by atoms with Crippen LogP contribution in [-0.4, -0.2) is 78.1 Å². The molecule has 4 aliphatic rings. The highest BCUT2D eigenvalue weighted by atomic mass is 16.2. The molecule has 3 N–H and O–H groups in total. The van der Waals surface area contributed by atoms with Crippen molar-refractivity contribution in [3.63, 3.8) is 0 Å². The Balaban J connectivity index is 1.21. The SMILES string of the molecule is NC1CCCN1C(=O)CNC1C[C@@H]2CN(C(=O)N3CCCCC3)C[C@@H]2C1. The van der Waals surface area contributed by atoms with Crippen LogP contribution in [0.5, 0.6) is 0 Å². The van der Waals surface area contributed by atoms with Crippen molar-refractivity contribution in [3.8, 4) is 0 Å². The molecule has 0 aromatic rings. The van der Waals surface area contributed by atoms with Crippen LogP contribution < -0.4 is 11.1 Å². The van der Waals surface area contributed by atoms with Crippen LogP contribution in [0.4, 0.5) is 4.79 Å². The number of carbonyl (C=O) groups excluding carboxylic acids is 2. The predicted octanol–water partition coefficient (Wildman–Crippen LogP) is 0.800. The van der Waals surface area contributed by atoms with Gasteiger partial charge in [0.1, 0.15) is 0 Å². The quantitative estimate of drug-likeness (QED) is 0.777. The Labute approximate surface area is 156 Å². The van der Waals surface area contributed by atoms with E-state index in [1.165, 1.54) is 6.42 Å². The van der Waals surface area contributed by atoms with Gasteiger partial charge in [-0.2, -0.15) is 0 Å². The molecule has 2 unspecified atom stereocenters. The van der Waals surface area contributed by atoms with Crippen LogP contribution in [0.2, 0.25) is 0 Å². The average molecular weight is 364 g/mol. The van der Waals surface area contributed by atoms with Gasteiger partial charge >= 0.3 is 6.03 Å². The summed E-state index contributed by atoms with van der Waals surface area (Å²) in [5.74, 6) is 1.31. The summed E-state index contributed by atoms with van der Waals surface area (Å²) in [7, 11) is 0. The van der Waals surface area contributed by atoms with Gasteiger partial charge in [0.2, 0.25) is 5.91 Å². The molecule has 26 heavy (non-hydrogen) atoms. The fraction of sp³-hybridized carbons (Fsp3) is 0.895. The van der Waals surface area contributed by atoms with Gasteiger partial charge in [0.15, 0.2) is 0 Å². The summed E-state index contributed by atoms with van der Waals surface area (Å²) in [4.78, 5) is 30.9. The molecule has 7 nitrogen and oxygen atoms in total. The molecule has 4 fully saturated rings. The van der Waals surface area contributed by atoms with Crippen molar-refractivity contribution < 1.29 is 9.59 Å². The van der Waals surface area contributed by atoms with Crippen LogP contribution in [0.15, 0.2) is 0 Å². The Morgan fingerprint density at radius 1 is 0.923 bits per heavy atom. The minimum absolute atomic E-state index is 0.0957. The Hall–Kier alpha value is -1.34. The van der Waals surface area contributed by atoms with E-state index in [4.69, 9.17) is 5.73 Å². The van der Waals surface area contributed by atoms with Crippen molar-refractivity contribution >= 4 is 11.9 Å². The molecule has 4 rings (SSSR count). The number of piperidine rings is 1. The summed E-state index contributed by atoms with van der Waals surface area (Å²) >= 11 is 0. The molecule has 0 bridgehead atoms. The van der Waals surface area contributed by atoms with Gasteiger partial charge in [0.05, 0.1) is 12.7 Å². The molecule has 3 aliphatic heterocycles. The zero-order valence-electron chi connectivity index (χ0n) is 15.7. The molecule has 0 radical (unpaired) electrons. The van der Waals surface area contributed by atoms with Crippen LogP contribution in [0, 0.1) is 11.8 Å². The van der Waals surface area contributed by atoms with Crippen molar-refractivity contribution in [1.82, 2.24) is 20.0 Å². The van der Waals surface area contributed by atoms with Crippen LogP contribution in [0.1, 0.15) is 44.9 Å². The lowest BCUT2D eigenvalue weighted by Crippen LogP contribution is -2.47. The predicted molar refractivity (Wildman–Crippen MR) is 99.3 cm³/mol. The molecule has 3 amide bonds. The number of nitrogens with two attached hydrogens (primary N) is 1. The number of amides is 3. The molecule has 3 heterocycles. The van der Waals surface area contributed by atoms with E-state index in [1.54, 1.807) is 0 Å². The fourth-order valence-corrected chi connectivity index (χ4v) is 5.34. The molecular formula is C19H33N5O2.